The van der Waals surface area contributed by atoms with Crippen LogP contribution in [0.1, 0.15) is 16.8 Å². The lowest BCUT2D eigenvalue weighted by molar-refractivity contribution is 0.0823. The van der Waals surface area contributed by atoms with Crippen molar-refractivity contribution < 1.29 is 13.2 Å². The largest absolute Gasteiger partial charge is 0.304 e. The number of carbonyl (C=O) groups is 1. The number of carbonyl (C=O) groups excluding carboxylic acids is 1. The van der Waals surface area contributed by atoms with Crippen LogP contribution >= 0.6 is 0 Å². The lowest BCUT2D eigenvalue weighted by atomic mass is 9.99. The van der Waals surface area contributed by atoms with Crippen molar-refractivity contribution in [1.82, 2.24) is 9.80 Å². The van der Waals surface area contributed by atoms with Crippen molar-refractivity contribution >= 4 is 32.3 Å². The minimum absolute atomic E-state index is 0.00973. The van der Waals surface area contributed by atoms with Gasteiger partial charge in [0.25, 0.3) is 10.0 Å². The number of fused-ring (bicyclic) bond motifs is 2. The Labute approximate surface area is 182 Å². The topological polar surface area (TPSA) is 60.9 Å². The summed E-state index contributed by atoms with van der Waals surface area (Å²) in [5.74, 6) is -0.00973. The van der Waals surface area contributed by atoms with E-state index in [2.05, 4.69) is 16.8 Å². The minimum atomic E-state index is -3.88. The second-order valence-electron chi connectivity index (χ2n) is 8.27. The Morgan fingerprint density at radius 2 is 1.52 bits per heavy atom. The van der Waals surface area contributed by atoms with Gasteiger partial charge >= 0.3 is 0 Å². The number of anilines is 1. The summed E-state index contributed by atoms with van der Waals surface area (Å²) in [7, 11) is -1.82. The highest BCUT2D eigenvalue weighted by atomic mass is 32.2. The van der Waals surface area contributed by atoms with Crippen molar-refractivity contribution in [3.63, 3.8) is 0 Å². The number of sulfonamides is 1. The molecule has 0 aliphatic carbocycles. The van der Waals surface area contributed by atoms with Crippen LogP contribution < -0.4 is 4.31 Å². The number of likely N-dealkylation sites (N-methyl/N-ethyl adjacent to an activating group) is 1. The van der Waals surface area contributed by atoms with Gasteiger partial charge in [0.2, 0.25) is 0 Å². The maximum atomic E-state index is 14.0. The maximum absolute atomic E-state index is 14.0. The summed E-state index contributed by atoms with van der Waals surface area (Å²) in [5.41, 5.74) is 0.938. The summed E-state index contributed by atoms with van der Waals surface area (Å²) in [6.45, 7) is 3.13. The van der Waals surface area contributed by atoms with Crippen molar-refractivity contribution in [2.75, 3.05) is 37.5 Å². The predicted molar refractivity (Wildman–Crippen MR) is 122 cm³/mol. The Balaban J connectivity index is 1.64. The smallest absolute Gasteiger partial charge is 0.265 e. The first-order valence-corrected chi connectivity index (χ1v) is 12.0. The fourth-order valence-electron chi connectivity index (χ4n) is 4.55. The SMILES string of the molecule is CN1CCN(C2CC(=O)c3ccccc3N2S(=O)(=O)c2ccc3ccccc3c2)CC1. The molecule has 1 fully saturated rings. The average molecular weight is 436 g/mol. The molecule has 1 unspecified atom stereocenters. The summed E-state index contributed by atoms with van der Waals surface area (Å²) in [6.07, 6.45) is -0.361. The first-order valence-electron chi connectivity index (χ1n) is 10.5. The van der Waals surface area contributed by atoms with Crippen LogP contribution in [-0.2, 0) is 10.0 Å². The van der Waals surface area contributed by atoms with Crippen molar-refractivity contribution in [3.8, 4) is 0 Å². The molecule has 0 saturated carbocycles. The fourth-order valence-corrected chi connectivity index (χ4v) is 6.24. The zero-order chi connectivity index (χ0) is 21.6. The highest BCUT2D eigenvalue weighted by Gasteiger charge is 2.42. The molecule has 0 bridgehead atoms. The molecule has 3 aromatic carbocycles. The quantitative estimate of drug-likeness (QED) is 0.632. The van der Waals surface area contributed by atoms with Gasteiger partial charge in [-0.25, -0.2) is 12.7 Å². The highest BCUT2D eigenvalue weighted by molar-refractivity contribution is 7.92. The summed E-state index contributed by atoms with van der Waals surface area (Å²) in [5, 5.41) is 1.87. The molecule has 0 N–H and O–H groups in total. The number of ketones is 1. The second-order valence-corrected chi connectivity index (χ2v) is 10.1. The van der Waals surface area contributed by atoms with Crippen LogP contribution in [0, 0.1) is 0 Å². The molecule has 0 amide bonds. The Morgan fingerprint density at radius 3 is 2.29 bits per heavy atom. The Kier molecular flexibility index (Phi) is 5.04. The van der Waals surface area contributed by atoms with Crippen LogP contribution in [0.15, 0.2) is 71.6 Å². The highest BCUT2D eigenvalue weighted by Crippen LogP contribution is 2.37. The van der Waals surface area contributed by atoms with E-state index < -0.39 is 16.2 Å². The Hall–Kier alpha value is -2.74. The number of para-hydroxylation sites is 1. The van der Waals surface area contributed by atoms with E-state index in [0.29, 0.717) is 11.3 Å². The molecule has 3 aromatic rings. The number of nitrogens with zero attached hydrogens (tertiary/aromatic N) is 3. The second kappa shape index (κ2) is 7.75. The van der Waals surface area contributed by atoms with E-state index in [1.165, 1.54) is 4.31 Å². The first-order chi connectivity index (χ1) is 14.9. The molecule has 0 spiro atoms. The van der Waals surface area contributed by atoms with E-state index in [-0.39, 0.29) is 17.1 Å². The molecule has 160 valence electrons. The minimum Gasteiger partial charge on any atom is -0.304 e. The molecule has 2 aliphatic rings. The van der Waals surface area contributed by atoms with Gasteiger partial charge in [0.05, 0.1) is 10.6 Å². The molecule has 0 radical (unpaired) electrons. The molecule has 0 aromatic heterocycles. The van der Waals surface area contributed by atoms with Crippen LogP contribution in [-0.4, -0.2) is 63.4 Å². The molecule has 1 atom stereocenters. The van der Waals surface area contributed by atoms with Crippen molar-refractivity contribution in [3.05, 3.63) is 72.3 Å². The van der Waals surface area contributed by atoms with Gasteiger partial charge in [0, 0.05) is 38.2 Å². The van der Waals surface area contributed by atoms with E-state index in [1.54, 1.807) is 36.4 Å². The molecular formula is C24H25N3O3S. The van der Waals surface area contributed by atoms with Gasteiger partial charge in [0.1, 0.15) is 6.17 Å². The maximum Gasteiger partial charge on any atom is 0.265 e. The van der Waals surface area contributed by atoms with Gasteiger partial charge in [-0.1, -0.05) is 42.5 Å². The third-order valence-corrected chi connectivity index (χ3v) is 8.13. The van der Waals surface area contributed by atoms with Crippen molar-refractivity contribution in [2.45, 2.75) is 17.5 Å². The predicted octanol–water partition coefficient (Wildman–Crippen LogP) is 3.20. The molecule has 7 heteroatoms. The van der Waals surface area contributed by atoms with Crippen LogP contribution in [0.5, 0.6) is 0 Å². The van der Waals surface area contributed by atoms with Gasteiger partial charge in [0.15, 0.2) is 5.78 Å². The Morgan fingerprint density at radius 1 is 0.839 bits per heavy atom. The van der Waals surface area contributed by atoms with Crippen LogP contribution in [0.4, 0.5) is 5.69 Å². The average Bonchev–Trinajstić information content (AvgIpc) is 2.79. The number of Topliss-reactive ketones (excluding diaryl/α,β-unsaturated/α-hetero) is 1. The van der Waals surface area contributed by atoms with Gasteiger partial charge in [-0.05, 0) is 42.1 Å². The van der Waals surface area contributed by atoms with E-state index in [4.69, 9.17) is 0 Å². The number of hydrogen-bond acceptors (Lipinski definition) is 5. The third kappa shape index (κ3) is 3.52. The molecule has 31 heavy (non-hydrogen) atoms. The van der Waals surface area contributed by atoms with Crippen LogP contribution in [0.3, 0.4) is 0 Å². The molecular weight excluding hydrogens is 410 g/mol. The summed E-state index contributed by atoms with van der Waals surface area (Å²) >= 11 is 0. The fraction of sp³-hybridized carbons (Fsp3) is 0.292. The van der Waals surface area contributed by atoms with Crippen LogP contribution in [0.2, 0.25) is 0 Å². The molecule has 2 heterocycles. The lowest BCUT2D eigenvalue weighted by Crippen LogP contribution is -2.59. The lowest BCUT2D eigenvalue weighted by Gasteiger charge is -2.45. The summed E-state index contributed by atoms with van der Waals surface area (Å²) in [6, 6.07) is 20.0. The summed E-state index contributed by atoms with van der Waals surface area (Å²) < 4.78 is 29.5. The zero-order valence-corrected chi connectivity index (χ0v) is 18.3. The van der Waals surface area contributed by atoms with Gasteiger partial charge in [-0.15, -0.1) is 0 Å². The van der Waals surface area contributed by atoms with Crippen molar-refractivity contribution in [1.29, 1.82) is 0 Å². The molecule has 1 saturated heterocycles. The van der Waals surface area contributed by atoms with E-state index in [1.807, 2.05) is 30.3 Å². The van der Waals surface area contributed by atoms with E-state index >= 15 is 0 Å². The first kappa shape index (κ1) is 20.2. The van der Waals surface area contributed by atoms with Crippen LogP contribution in [0.25, 0.3) is 10.8 Å². The molecule has 2 aliphatic heterocycles. The third-order valence-electron chi connectivity index (χ3n) is 6.32. The van der Waals surface area contributed by atoms with Gasteiger partial charge in [-0.3, -0.25) is 9.69 Å². The number of benzene rings is 3. The van der Waals surface area contributed by atoms with Gasteiger partial charge < -0.3 is 4.90 Å². The number of piperazine rings is 1. The summed E-state index contributed by atoms with van der Waals surface area (Å²) in [4.78, 5) is 17.5. The van der Waals surface area contributed by atoms with E-state index in [0.717, 1.165) is 37.0 Å². The zero-order valence-electron chi connectivity index (χ0n) is 17.4. The normalized spacial score (nSPS) is 20.7. The van der Waals surface area contributed by atoms with E-state index in [9.17, 15) is 13.2 Å². The monoisotopic (exact) mass is 435 g/mol. The Bertz CT molecular complexity index is 1250. The number of hydrogen-bond donors (Lipinski definition) is 0. The number of rotatable bonds is 3. The standard InChI is InChI=1S/C24H25N3O3S/c1-25-12-14-26(15-13-25)24-17-23(28)21-8-4-5-9-22(21)27(24)31(29,30)20-11-10-18-6-2-3-7-19(18)16-20/h2-11,16,24H,12-15,17H2,1H3. The van der Waals surface area contributed by atoms with Crippen molar-refractivity contribution in [2.24, 2.45) is 0 Å². The molecule has 5 rings (SSSR count). The molecule has 6 nitrogen and oxygen atoms in total. The van der Waals surface area contributed by atoms with Gasteiger partial charge in [-0.2, -0.15) is 0 Å².